The number of likely N-dealkylation sites (tertiary alicyclic amines) is 1. The van der Waals surface area contributed by atoms with Crippen LogP contribution in [0.4, 0.5) is 0 Å². The minimum atomic E-state index is -1.05. The zero-order chi connectivity index (χ0) is 24.7. The van der Waals surface area contributed by atoms with Crippen LogP contribution in [0, 0.1) is 5.92 Å². The molecule has 0 spiro atoms. The Morgan fingerprint density at radius 1 is 0.971 bits per heavy atom. The first-order chi connectivity index (χ1) is 16.3. The maximum absolute atomic E-state index is 13.6. The van der Waals surface area contributed by atoms with E-state index in [0.29, 0.717) is 5.75 Å². The number of thioether (sulfide) groups is 1. The van der Waals surface area contributed by atoms with Gasteiger partial charge in [0.15, 0.2) is 10.9 Å². The summed E-state index contributed by atoms with van der Waals surface area (Å²) in [5.74, 6) is -1.69. The van der Waals surface area contributed by atoms with Crippen molar-refractivity contribution in [2.45, 2.75) is 108 Å². The number of carbonyl (C=O) groups is 3. The minimum absolute atomic E-state index is 0.0317. The number of amides is 1. The second kappa shape index (κ2) is 12.7. The third-order valence-electron chi connectivity index (χ3n) is 7.61. The maximum atomic E-state index is 13.6. The number of hydroxylamine groups is 2. The zero-order valence-electron chi connectivity index (χ0n) is 21.3. The van der Waals surface area contributed by atoms with Gasteiger partial charge < -0.3 is 19.2 Å². The molecule has 2 atom stereocenters. The first kappa shape index (κ1) is 27.4. The number of carbonyl (C=O) groups excluding carboxylic acids is 3. The van der Waals surface area contributed by atoms with Crippen LogP contribution in [0.25, 0.3) is 0 Å². The van der Waals surface area contributed by atoms with E-state index in [1.807, 2.05) is 5.06 Å². The van der Waals surface area contributed by atoms with E-state index in [2.05, 4.69) is 0 Å². The monoisotopic (exact) mass is 498 g/mol. The van der Waals surface area contributed by atoms with Crippen LogP contribution < -0.4 is 0 Å². The Morgan fingerprint density at radius 2 is 1.50 bits per heavy atom. The molecule has 9 heteroatoms. The topological polar surface area (TPSA) is 85.4 Å². The van der Waals surface area contributed by atoms with Crippen molar-refractivity contribution in [2.24, 2.45) is 5.92 Å². The molecule has 0 radical (unpaired) electrons. The van der Waals surface area contributed by atoms with Crippen molar-refractivity contribution in [3.8, 4) is 0 Å². The second-order valence-electron chi connectivity index (χ2n) is 10.1. The van der Waals surface area contributed by atoms with Crippen LogP contribution in [0.15, 0.2) is 0 Å². The lowest BCUT2D eigenvalue weighted by molar-refractivity contribution is -0.228. The summed E-state index contributed by atoms with van der Waals surface area (Å²) in [6.07, 6.45) is 11.5. The molecule has 3 aliphatic rings. The molecule has 0 bridgehead atoms. The van der Waals surface area contributed by atoms with E-state index in [1.165, 1.54) is 34.0 Å². The third kappa shape index (κ3) is 6.74. The number of rotatable bonds is 9. The average molecular weight is 499 g/mol. The Hall–Kier alpha value is -1.16. The summed E-state index contributed by atoms with van der Waals surface area (Å²) >= 11 is 1.12. The smallest absolute Gasteiger partial charge is 0.347 e. The summed E-state index contributed by atoms with van der Waals surface area (Å²) in [6.45, 7) is 3.43. The summed E-state index contributed by atoms with van der Waals surface area (Å²) in [5, 5.41) is 1.97. The van der Waals surface area contributed by atoms with E-state index >= 15 is 0 Å². The predicted octanol–water partition coefficient (Wildman–Crippen LogP) is 3.92. The lowest BCUT2D eigenvalue weighted by Crippen LogP contribution is -2.50. The highest BCUT2D eigenvalue weighted by Gasteiger charge is 2.52. The van der Waals surface area contributed by atoms with Gasteiger partial charge in [-0.2, -0.15) is 0 Å². The van der Waals surface area contributed by atoms with Gasteiger partial charge >= 0.3 is 5.97 Å². The van der Waals surface area contributed by atoms with Crippen molar-refractivity contribution in [1.82, 2.24) is 9.96 Å². The lowest BCUT2D eigenvalue weighted by Gasteiger charge is -2.40. The largest absolute Gasteiger partial charge is 0.365 e. The van der Waals surface area contributed by atoms with Crippen LogP contribution in [-0.4, -0.2) is 77.4 Å². The van der Waals surface area contributed by atoms with Gasteiger partial charge in [-0.1, -0.05) is 57.2 Å². The fraction of sp³-hybridized carbons (Fsp3) is 0.880. The van der Waals surface area contributed by atoms with Crippen molar-refractivity contribution in [2.75, 3.05) is 26.5 Å². The number of hydrogen-bond donors (Lipinski definition) is 0. The van der Waals surface area contributed by atoms with Crippen molar-refractivity contribution in [1.29, 1.82) is 0 Å². The summed E-state index contributed by atoms with van der Waals surface area (Å²) < 4.78 is 11.3. The lowest BCUT2D eigenvalue weighted by atomic mass is 9.90. The van der Waals surface area contributed by atoms with Crippen LogP contribution >= 0.6 is 11.8 Å². The molecule has 0 aromatic heterocycles. The molecular weight excluding hydrogens is 456 g/mol. The molecule has 1 aliphatic heterocycles. The molecule has 3 rings (SSSR count). The van der Waals surface area contributed by atoms with E-state index in [4.69, 9.17) is 14.3 Å². The molecule has 0 N–H and O–H groups in total. The van der Waals surface area contributed by atoms with Crippen molar-refractivity contribution < 1.29 is 28.7 Å². The Bertz CT molecular complexity index is 686. The van der Waals surface area contributed by atoms with Gasteiger partial charge in [-0.05, 0) is 25.7 Å². The van der Waals surface area contributed by atoms with Crippen LogP contribution in [0.3, 0.4) is 0 Å². The predicted molar refractivity (Wildman–Crippen MR) is 131 cm³/mol. The van der Waals surface area contributed by atoms with Crippen LogP contribution in [-0.2, 0) is 28.7 Å². The normalized spacial score (nSPS) is 24.9. The van der Waals surface area contributed by atoms with Crippen molar-refractivity contribution in [3.05, 3.63) is 0 Å². The number of methoxy groups -OCH3 is 2. The zero-order valence-corrected chi connectivity index (χ0v) is 22.1. The number of ether oxygens (including phenoxy) is 2. The molecule has 8 nitrogen and oxygen atoms in total. The second-order valence-corrected chi connectivity index (χ2v) is 11.3. The molecule has 2 saturated carbocycles. The molecular formula is C25H42N2O6S. The van der Waals surface area contributed by atoms with E-state index in [0.717, 1.165) is 63.1 Å². The van der Waals surface area contributed by atoms with E-state index in [-0.39, 0.29) is 36.1 Å². The SMILES string of the molecule is COC1(OC)C[C@@H](C(=O)ON(C2CCCCC2)C2CCCCC2)N(C(=O)C(C)CSC(C)=O)C1. The molecule has 34 heavy (non-hydrogen) atoms. The van der Waals surface area contributed by atoms with Gasteiger partial charge in [0.05, 0.1) is 6.54 Å². The molecule has 0 aromatic rings. The first-order valence-corrected chi connectivity index (χ1v) is 13.8. The Kier molecular flexibility index (Phi) is 10.2. The first-order valence-electron chi connectivity index (χ1n) is 12.8. The van der Waals surface area contributed by atoms with E-state index in [1.54, 1.807) is 11.8 Å². The molecule has 1 amide bonds. The van der Waals surface area contributed by atoms with Gasteiger partial charge in [0.25, 0.3) is 0 Å². The number of hydrogen-bond acceptors (Lipinski definition) is 8. The van der Waals surface area contributed by atoms with Crippen LogP contribution in [0.5, 0.6) is 0 Å². The third-order valence-corrected chi connectivity index (χ3v) is 8.69. The highest BCUT2D eigenvalue weighted by Crippen LogP contribution is 2.35. The maximum Gasteiger partial charge on any atom is 0.347 e. The fourth-order valence-electron chi connectivity index (χ4n) is 5.54. The van der Waals surface area contributed by atoms with E-state index in [9.17, 15) is 14.4 Å². The minimum Gasteiger partial charge on any atom is -0.365 e. The molecule has 194 valence electrons. The molecule has 3 fully saturated rings. The van der Waals surface area contributed by atoms with Crippen molar-refractivity contribution >= 4 is 28.8 Å². The average Bonchev–Trinajstić information content (AvgIpc) is 3.27. The Morgan fingerprint density at radius 3 is 1.97 bits per heavy atom. The van der Waals surface area contributed by atoms with Crippen molar-refractivity contribution in [3.63, 3.8) is 0 Å². The van der Waals surface area contributed by atoms with Crippen LogP contribution in [0.2, 0.25) is 0 Å². The highest BCUT2D eigenvalue weighted by molar-refractivity contribution is 8.13. The molecule has 2 aliphatic carbocycles. The summed E-state index contributed by atoms with van der Waals surface area (Å²) in [6, 6.07) is -0.300. The van der Waals surface area contributed by atoms with Gasteiger partial charge in [0, 0.05) is 51.3 Å². The quantitative estimate of drug-likeness (QED) is 0.349. The Labute approximate surface area is 208 Å². The van der Waals surface area contributed by atoms with Crippen LogP contribution in [0.1, 0.15) is 84.5 Å². The number of nitrogens with zero attached hydrogens (tertiary/aromatic N) is 2. The highest BCUT2D eigenvalue weighted by atomic mass is 32.2. The van der Waals surface area contributed by atoms with Gasteiger partial charge in [0.2, 0.25) is 5.91 Å². The van der Waals surface area contributed by atoms with Gasteiger partial charge in [-0.25, -0.2) is 4.79 Å². The van der Waals surface area contributed by atoms with Gasteiger partial charge in [-0.3, -0.25) is 9.59 Å². The molecule has 0 aromatic carbocycles. The summed E-state index contributed by atoms with van der Waals surface area (Å²) in [4.78, 5) is 46.1. The van der Waals surface area contributed by atoms with E-state index < -0.39 is 23.7 Å². The fourth-order valence-corrected chi connectivity index (χ4v) is 6.17. The molecule has 1 heterocycles. The summed E-state index contributed by atoms with van der Waals surface area (Å²) in [7, 11) is 3.07. The standard InChI is InChI=1S/C25H42N2O6S/c1-18(16-34-19(2)28)23(29)26-17-25(31-3,32-4)15-22(26)24(30)33-27(20-11-7-5-8-12-20)21-13-9-6-10-14-21/h18,20-22H,5-17H2,1-4H3/t18?,22-/m0/s1. The molecule has 1 unspecified atom stereocenters. The summed E-state index contributed by atoms with van der Waals surface area (Å²) in [5.41, 5.74) is 0. The van der Waals surface area contributed by atoms with Gasteiger partial charge in [0.1, 0.15) is 6.04 Å². The Balaban J connectivity index is 1.78. The molecule has 1 saturated heterocycles. The van der Waals surface area contributed by atoms with Gasteiger partial charge in [-0.15, -0.1) is 5.06 Å².